The van der Waals surface area contributed by atoms with Crippen LogP contribution in [0.4, 0.5) is 0 Å². The van der Waals surface area contributed by atoms with E-state index >= 15 is 0 Å². The number of carboxylic acids is 1. The summed E-state index contributed by atoms with van der Waals surface area (Å²) in [5.41, 5.74) is 20.3. The third-order valence-corrected chi connectivity index (χ3v) is 12.6. The molecule has 2 aromatic heterocycles. The van der Waals surface area contributed by atoms with Crippen LogP contribution in [0.25, 0.3) is 10.9 Å². The first-order valence-electron chi connectivity index (χ1n) is 24.9. The lowest BCUT2D eigenvalue weighted by atomic mass is 10.0. The standard InChI is InChI=1S/C50H71N15O9/c1-29(2)42(48(73)58-27-41(66)67)64-47(72)40-18-11-21-65(40)49(74)37(16-8-9-19-51)61-46(71)39(23-31-25-57-35-15-7-6-14-33(31)35)63-44(69)36(17-10-20-56-50(53)54)60-45(70)38(22-30-12-4-3-5-13-30)62-43(68)34(52)24-32-26-55-28-59-32/h3-7,12-15,25-26,28-29,34,36-40,42,57H,8-11,16-24,27,51-52H2,1-2H3,(H,55,59)(H,58,73)(H,60,70)(H,61,71)(H,62,68)(H,63,69)(H,64,72)(H,66,67)(H4,53,54,56). The molecular formula is C50H71N15O9. The van der Waals surface area contributed by atoms with Crippen LogP contribution < -0.4 is 54.4 Å². The van der Waals surface area contributed by atoms with Gasteiger partial charge in [-0.1, -0.05) is 62.4 Å². The Labute approximate surface area is 428 Å². The Morgan fingerprint density at radius 2 is 1.42 bits per heavy atom. The number of nitrogens with one attached hydrogen (secondary N) is 10. The van der Waals surface area contributed by atoms with Crippen LogP contribution in [0.1, 0.15) is 75.6 Å². The molecule has 7 amide bonds. The highest BCUT2D eigenvalue weighted by molar-refractivity contribution is 5.98. The van der Waals surface area contributed by atoms with Crippen LogP contribution in [0.3, 0.4) is 0 Å². The van der Waals surface area contributed by atoms with Crippen molar-refractivity contribution in [3.8, 4) is 0 Å². The molecule has 4 aromatic rings. The predicted molar refractivity (Wildman–Crippen MR) is 274 cm³/mol. The number of para-hydroxylation sites is 1. The van der Waals surface area contributed by atoms with E-state index in [4.69, 9.17) is 27.7 Å². The molecule has 2 aromatic carbocycles. The second-order valence-corrected chi connectivity index (χ2v) is 18.7. The number of amides is 7. The molecule has 0 aliphatic carbocycles. The molecule has 7 unspecified atom stereocenters. The van der Waals surface area contributed by atoms with Gasteiger partial charge in [0.1, 0.15) is 42.8 Å². The van der Waals surface area contributed by atoms with Gasteiger partial charge in [0, 0.05) is 55.6 Å². The van der Waals surface area contributed by atoms with Crippen LogP contribution in [0, 0.1) is 11.3 Å². The highest BCUT2D eigenvalue weighted by Crippen LogP contribution is 2.23. The summed E-state index contributed by atoms with van der Waals surface area (Å²) in [6.45, 7) is 3.33. The van der Waals surface area contributed by atoms with Gasteiger partial charge in [0.25, 0.3) is 0 Å². The SMILES string of the molecule is CC(C)C(NC(=O)C1CCCN1C(=O)C(CCCCN)NC(=O)C(Cc1c[nH]c2ccccc12)NC(=O)C(CCCNC(=N)N)NC(=O)C(Cc1ccccc1)NC(=O)C(N)Cc1c[nH]cn1)C(=O)NCC(=O)O. The number of unbranched alkanes of at least 4 members (excludes halogenated alkanes) is 1. The van der Waals surface area contributed by atoms with Crippen LogP contribution in [-0.2, 0) is 57.6 Å². The number of hydrogen-bond acceptors (Lipinski definition) is 12. The first-order valence-corrected chi connectivity index (χ1v) is 24.9. The average Bonchev–Trinajstić information content (AvgIpc) is 4.17. The van der Waals surface area contributed by atoms with Crippen molar-refractivity contribution in [3.63, 3.8) is 0 Å². The van der Waals surface area contributed by atoms with Gasteiger partial charge in [0.05, 0.1) is 18.1 Å². The van der Waals surface area contributed by atoms with Crippen molar-refractivity contribution in [2.45, 2.75) is 120 Å². The minimum atomic E-state index is -1.35. The van der Waals surface area contributed by atoms with E-state index in [1.165, 1.54) is 11.2 Å². The summed E-state index contributed by atoms with van der Waals surface area (Å²) in [7, 11) is 0. The number of rotatable bonds is 29. The molecule has 7 atom stereocenters. The Bertz CT molecular complexity index is 2540. The number of carboxylic acid groups (broad SMARTS) is 1. The van der Waals surface area contributed by atoms with Gasteiger partial charge in [-0.25, -0.2) is 4.98 Å². The first kappa shape index (κ1) is 57.0. The summed E-state index contributed by atoms with van der Waals surface area (Å²) >= 11 is 0. The van der Waals surface area contributed by atoms with E-state index in [1.807, 2.05) is 24.3 Å². The number of fused-ring (bicyclic) bond motifs is 1. The monoisotopic (exact) mass is 1030 g/mol. The fourth-order valence-corrected chi connectivity index (χ4v) is 8.71. The zero-order chi connectivity index (χ0) is 53.7. The number of benzene rings is 2. The van der Waals surface area contributed by atoms with Crippen molar-refractivity contribution in [3.05, 3.63) is 90.1 Å². The lowest BCUT2D eigenvalue weighted by Gasteiger charge is -2.31. The smallest absolute Gasteiger partial charge is 0.322 e. The van der Waals surface area contributed by atoms with Crippen molar-refractivity contribution in [2.75, 3.05) is 26.2 Å². The molecular weight excluding hydrogens is 955 g/mol. The molecule has 1 saturated heterocycles. The van der Waals surface area contributed by atoms with E-state index in [-0.39, 0.29) is 64.0 Å². The molecule has 74 heavy (non-hydrogen) atoms. The van der Waals surface area contributed by atoms with E-state index < -0.39 is 102 Å². The topological polar surface area (TPSA) is 391 Å². The number of aliphatic carboxylic acids is 1. The maximum atomic E-state index is 14.8. The number of nitrogens with two attached hydrogens (primary N) is 3. The fraction of sp³-hybridized carbons (Fsp3) is 0.480. The number of aromatic amines is 2. The van der Waals surface area contributed by atoms with Gasteiger partial charge >= 0.3 is 5.97 Å². The van der Waals surface area contributed by atoms with Gasteiger partial charge in [-0.2, -0.15) is 0 Å². The second-order valence-electron chi connectivity index (χ2n) is 18.7. The first-order chi connectivity index (χ1) is 35.4. The number of imidazole rings is 1. The fourth-order valence-electron chi connectivity index (χ4n) is 8.71. The second kappa shape index (κ2) is 28.4. The summed E-state index contributed by atoms with van der Waals surface area (Å²) in [5, 5.41) is 36.4. The third kappa shape index (κ3) is 17.1. The predicted octanol–water partition coefficient (Wildman–Crippen LogP) is -1.09. The molecule has 0 bridgehead atoms. The maximum absolute atomic E-state index is 14.8. The number of likely N-dealkylation sites (tertiary alicyclic amines) is 1. The van der Waals surface area contributed by atoms with E-state index in [1.54, 1.807) is 56.6 Å². The molecule has 1 aliphatic heterocycles. The molecule has 1 aliphatic rings. The van der Waals surface area contributed by atoms with Crippen LogP contribution in [-0.4, -0.2) is 147 Å². The quantitative estimate of drug-likeness (QED) is 0.0175. The van der Waals surface area contributed by atoms with Crippen molar-refractivity contribution >= 4 is 64.2 Å². The lowest BCUT2D eigenvalue weighted by Crippen LogP contribution is -2.60. The summed E-state index contributed by atoms with van der Waals surface area (Å²) in [6, 6.07) is 8.02. The summed E-state index contributed by atoms with van der Waals surface area (Å²) in [5.74, 6) is -6.75. The minimum absolute atomic E-state index is 0.0124. The number of carbonyl (C=O) groups excluding carboxylic acids is 7. The van der Waals surface area contributed by atoms with E-state index in [9.17, 15) is 38.4 Å². The van der Waals surface area contributed by atoms with Gasteiger partial charge in [0.2, 0.25) is 41.4 Å². The number of nitrogens with zero attached hydrogens (tertiary/aromatic N) is 2. The Hall–Kier alpha value is -7.86. The zero-order valence-corrected chi connectivity index (χ0v) is 41.8. The highest BCUT2D eigenvalue weighted by Gasteiger charge is 2.40. The van der Waals surface area contributed by atoms with E-state index in [2.05, 4.69) is 52.2 Å². The summed E-state index contributed by atoms with van der Waals surface area (Å²) < 4.78 is 0. The van der Waals surface area contributed by atoms with Crippen LogP contribution in [0.15, 0.2) is 73.3 Å². The number of guanidine groups is 1. The molecule has 3 heterocycles. The van der Waals surface area contributed by atoms with Crippen LogP contribution in [0.2, 0.25) is 0 Å². The number of aromatic nitrogens is 3. The average molecular weight is 1030 g/mol. The Kier molecular flexibility index (Phi) is 21.9. The van der Waals surface area contributed by atoms with Gasteiger partial charge in [0.15, 0.2) is 5.96 Å². The molecule has 5 rings (SSSR count). The largest absolute Gasteiger partial charge is 0.480 e. The van der Waals surface area contributed by atoms with Crippen molar-refractivity contribution in [2.24, 2.45) is 23.1 Å². The Morgan fingerprint density at radius 3 is 2.09 bits per heavy atom. The van der Waals surface area contributed by atoms with Gasteiger partial charge in [-0.05, 0) is 74.6 Å². The number of H-pyrrole nitrogens is 2. The molecule has 24 nitrogen and oxygen atoms in total. The molecule has 17 N–H and O–H groups in total. The molecule has 400 valence electrons. The molecule has 1 fully saturated rings. The zero-order valence-electron chi connectivity index (χ0n) is 41.8. The summed E-state index contributed by atoms with van der Waals surface area (Å²) in [4.78, 5) is 121. The van der Waals surface area contributed by atoms with E-state index in [0.717, 1.165) is 10.9 Å². The molecule has 0 radical (unpaired) electrons. The Balaban J connectivity index is 1.42. The number of carbonyl (C=O) groups is 8. The third-order valence-electron chi connectivity index (χ3n) is 12.6. The van der Waals surface area contributed by atoms with Gasteiger partial charge in [-0.15, -0.1) is 0 Å². The minimum Gasteiger partial charge on any atom is -0.480 e. The Morgan fingerprint density at radius 1 is 0.770 bits per heavy atom. The van der Waals surface area contributed by atoms with Crippen molar-refractivity contribution in [1.29, 1.82) is 5.41 Å². The van der Waals surface area contributed by atoms with E-state index in [0.29, 0.717) is 42.6 Å². The molecule has 24 heteroatoms. The number of hydrogen-bond donors (Lipinski definition) is 14. The normalized spacial score (nSPS) is 15.7. The molecule has 0 spiro atoms. The van der Waals surface area contributed by atoms with Crippen molar-refractivity contribution in [1.82, 2.24) is 57.1 Å². The maximum Gasteiger partial charge on any atom is 0.322 e. The van der Waals surface area contributed by atoms with Gasteiger partial charge in [-0.3, -0.25) is 43.8 Å². The van der Waals surface area contributed by atoms with Gasteiger partial charge < -0.3 is 74.4 Å². The van der Waals surface area contributed by atoms with Crippen LogP contribution >= 0.6 is 0 Å². The highest BCUT2D eigenvalue weighted by atomic mass is 16.4. The summed E-state index contributed by atoms with van der Waals surface area (Å²) in [6.07, 6.45) is 6.72. The van der Waals surface area contributed by atoms with Crippen molar-refractivity contribution < 1.29 is 43.5 Å². The molecule has 0 saturated carbocycles. The lowest BCUT2D eigenvalue weighted by molar-refractivity contribution is -0.143. The van der Waals surface area contributed by atoms with Crippen LogP contribution in [0.5, 0.6) is 0 Å².